The van der Waals surface area contributed by atoms with E-state index < -0.39 is 10.0 Å². The summed E-state index contributed by atoms with van der Waals surface area (Å²) in [6.07, 6.45) is 1.96. The normalized spacial score (nSPS) is 17.2. The molecule has 1 aliphatic heterocycles. The Balaban J connectivity index is 1.85. The van der Waals surface area contributed by atoms with Gasteiger partial charge in [-0.3, -0.25) is 9.10 Å². The first-order valence-corrected chi connectivity index (χ1v) is 12.0. The van der Waals surface area contributed by atoms with Gasteiger partial charge in [0, 0.05) is 19.6 Å². The first-order valence-electron chi connectivity index (χ1n) is 10.5. The van der Waals surface area contributed by atoms with Crippen LogP contribution in [0.5, 0.6) is 5.75 Å². The van der Waals surface area contributed by atoms with Crippen molar-refractivity contribution in [2.75, 3.05) is 38.1 Å². The first-order chi connectivity index (χ1) is 14.8. The lowest BCUT2D eigenvalue weighted by molar-refractivity contribution is 0.0903. The minimum atomic E-state index is -3.75. The summed E-state index contributed by atoms with van der Waals surface area (Å²) in [6.45, 7) is 6.82. The van der Waals surface area contributed by atoms with E-state index in [0.29, 0.717) is 17.0 Å². The van der Waals surface area contributed by atoms with E-state index in [1.165, 1.54) is 18.5 Å². The minimum Gasteiger partial charge on any atom is -0.496 e. The Kier molecular flexibility index (Phi) is 7.23. The van der Waals surface area contributed by atoms with E-state index >= 15 is 0 Å². The van der Waals surface area contributed by atoms with Gasteiger partial charge >= 0.3 is 0 Å². The van der Waals surface area contributed by atoms with Crippen LogP contribution in [0.3, 0.4) is 0 Å². The van der Waals surface area contributed by atoms with Crippen molar-refractivity contribution < 1.29 is 17.9 Å². The SMILES string of the molecule is CCN1CCC[C@H](NC(=O)c2cc(N(C)S(=O)(=O)c3ccc(C)cc3)ccc2OC)C1. The quantitative estimate of drug-likeness (QED) is 0.709. The molecule has 0 spiro atoms. The van der Waals surface area contributed by atoms with Gasteiger partial charge in [-0.1, -0.05) is 24.6 Å². The Morgan fingerprint density at radius 3 is 2.58 bits per heavy atom. The first kappa shape index (κ1) is 23.1. The van der Waals surface area contributed by atoms with Crippen molar-refractivity contribution in [3.63, 3.8) is 0 Å². The Morgan fingerprint density at radius 1 is 1.23 bits per heavy atom. The third kappa shape index (κ3) is 5.19. The summed E-state index contributed by atoms with van der Waals surface area (Å²) >= 11 is 0. The fourth-order valence-electron chi connectivity index (χ4n) is 3.80. The zero-order valence-corrected chi connectivity index (χ0v) is 19.4. The van der Waals surface area contributed by atoms with Crippen molar-refractivity contribution in [3.8, 4) is 5.75 Å². The number of hydrogen-bond acceptors (Lipinski definition) is 5. The Labute approximate surface area is 185 Å². The smallest absolute Gasteiger partial charge is 0.264 e. The fraction of sp³-hybridized carbons (Fsp3) is 0.435. The maximum Gasteiger partial charge on any atom is 0.264 e. The van der Waals surface area contributed by atoms with Gasteiger partial charge in [-0.25, -0.2) is 8.42 Å². The summed E-state index contributed by atoms with van der Waals surface area (Å²) in [6, 6.07) is 11.6. The van der Waals surface area contributed by atoms with Crippen LogP contribution in [0.2, 0.25) is 0 Å². The van der Waals surface area contributed by atoms with Crippen molar-refractivity contribution in [2.45, 2.75) is 37.6 Å². The van der Waals surface area contributed by atoms with Crippen LogP contribution in [0, 0.1) is 6.92 Å². The number of carbonyl (C=O) groups excluding carboxylic acids is 1. The predicted molar refractivity (Wildman–Crippen MR) is 122 cm³/mol. The zero-order chi connectivity index (χ0) is 22.6. The van der Waals surface area contributed by atoms with E-state index in [-0.39, 0.29) is 16.8 Å². The third-order valence-corrected chi connectivity index (χ3v) is 7.56. The fourth-order valence-corrected chi connectivity index (χ4v) is 4.99. The van der Waals surface area contributed by atoms with Crippen LogP contribution in [-0.2, 0) is 10.0 Å². The van der Waals surface area contributed by atoms with Gasteiger partial charge in [-0.15, -0.1) is 0 Å². The number of likely N-dealkylation sites (tertiary alicyclic amines) is 1. The lowest BCUT2D eigenvalue weighted by Gasteiger charge is -2.32. The Morgan fingerprint density at radius 2 is 1.94 bits per heavy atom. The standard InChI is InChI=1S/C23H31N3O4S/c1-5-26-14-6-7-18(16-26)24-23(27)21-15-19(10-13-22(21)30-4)25(3)31(28,29)20-11-8-17(2)9-12-20/h8-13,15,18H,5-7,14,16H2,1-4H3,(H,24,27)/t18-/m0/s1. The number of anilines is 1. The molecule has 31 heavy (non-hydrogen) atoms. The van der Waals surface area contributed by atoms with E-state index in [1.807, 2.05) is 6.92 Å². The third-order valence-electron chi connectivity index (χ3n) is 5.76. The number of benzene rings is 2. The maximum absolute atomic E-state index is 13.1. The van der Waals surface area contributed by atoms with Gasteiger partial charge in [0.25, 0.3) is 15.9 Å². The molecule has 7 nitrogen and oxygen atoms in total. The number of nitrogens with zero attached hydrogens (tertiary/aromatic N) is 2. The predicted octanol–water partition coefficient (Wildman–Crippen LogP) is 3.04. The van der Waals surface area contributed by atoms with Crippen LogP contribution in [0.15, 0.2) is 47.4 Å². The van der Waals surface area contributed by atoms with E-state index in [9.17, 15) is 13.2 Å². The molecule has 1 heterocycles. The summed E-state index contributed by atoms with van der Waals surface area (Å²) in [5.74, 6) is 0.147. The van der Waals surface area contributed by atoms with Crippen LogP contribution in [0.1, 0.15) is 35.7 Å². The molecule has 168 valence electrons. The molecule has 0 bridgehead atoms. The van der Waals surface area contributed by atoms with Crippen molar-refractivity contribution in [3.05, 3.63) is 53.6 Å². The molecule has 0 aromatic heterocycles. The molecule has 1 saturated heterocycles. The number of hydrogen-bond donors (Lipinski definition) is 1. The van der Waals surface area contributed by atoms with Crippen LogP contribution >= 0.6 is 0 Å². The number of methoxy groups -OCH3 is 1. The monoisotopic (exact) mass is 445 g/mol. The molecular weight excluding hydrogens is 414 g/mol. The summed E-state index contributed by atoms with van der Waals surface area (Å²) in [5, 5.41) is 3.09. The summed E-state index contributed by atoms with van der Waals surface area (Å²) in [7, 11) is -0.772. The van der Waals surface area contributed by atoms with Gasteiger partial charge in [0.15, 0.2) is 0 Å². The molecule has 1 N–H and O–H groups in total. The highest BCUT2D eigenvalue weighted by Crippen LogP contribution is 2.28. The number of carbonyl (C=O) groups is 1. The summed E-state index contributed by atoms with van der Waals surface area (Å²) < 4.78 is 32.7. The highest BCUT2D eigenvalue weighted by atomic mass is 32.2. The number of nitrogens with one attached hydrogen (secondary N) is 1. The summed E-state index contributed by atoms with van der Waals surface area (Å²) in [4.78, 5) is 15.5. The largest absolute Gasteiger partial charge is 0.496 e. The summed E-state index contributed by atoms with van der Waals surface area (Å²) in [5.41, 5.74) is 1.69. The zero-order valence-electron chi connectivity index (χ0n) is 18.6. The molecule has 3 rings (SSSR count). The average molecular weight is 446 g/mol. The average Bonchev–Trinajstić information content (AvgIpc) is 2.78. The second kappa shape index (κ2) is 9.70. The number of piperidine rings is 1. The number of sulfonamides is 1. The van der Waals surface area contributed by atoms with E-state index in [4.69, 9.17) is 4.74 Å². The number of aryl methyl sites for hydroxylation is 1. The molecule has 1 atom stereocenters. The van der Waals surface area contributed by atoms with Gasteiger partial charge in [-0.05, 0) is 63.2 Å². The van der Waals surface area contributed by atoms with Crippen molar-refractivity contribution in [1.29, 1.82) is 0 Å². The topological polar surface area (TPSA) is 79.0 Å². The highest BCUT2D eigenvalue weighted by Gasteiger charge is 2.25. The van der Waals surface area contributed by atoms with Gasteiger partial charge < -0.3 is 15.0 Å². The van der Waals surface area contributed by atoms with Crippen LogP contribution in [0.25, 0.3) is 0 Å². The Bertz CT molecular complexity index is 1020. The number of amides is 1. The van der Waals surface area contributed by atoms with E-state index in [2.05, 4.69) is 17.1 Å². The molecule has 8 heteroatoms. The second-order valence-electron chi connectivity index (χ2n) is 7.88. The van der Waals surface area contributed by atoms with Crippen LogP contribution in [0.4, 0.5) is 5.69 Å². The maximum atomic E-state index is 13.1. The lowest BCUT2D eigenvalue weighted by atomic mass is 10.0. The highest BCUT2D eigenvalue weighted by molar-refractivity contribution is 7.92. The molecule has 1 fully saturated rings. The van der Waals surface area contributed by atoms with Gasteiger partial charge in [0.1, 0.15) is 5.75 Å². The molecule has 2 aromatic rings. The number of likely N-dealkylation sites (N-methyl/N-ethyl adjacent to an activating group) is 1. The molecule has 1 amide bonds. The van der Waals surface area contributed by atoms with Crippen LogP contribution < -0.4 is 14.4 Å². The molecule has 1 aliphatic rings. The molecule has 0 saturated carbocycles. The van der Waals surface area contributed by atoms with Gasteiger partial charge in [0.2, 0.25) is 0 Å². The molecule has 0 unspecified atom stereocenters. The second-order valence-corrected chi connectivity index (χ2v) is 9.85. The molecule has 0 aliphatic carbocycles. The molecular formula is C23H31N3O4S. The van der Waals surface area contributed by atoms with Crippen molar-refractivity contribution >= 4 is 21.6 Å². The van der Waals surface area contributed by atoms with Gasteiger partial charge in [-0.2, -0.15) is 0 Å². The van der Waals surface area contributed by atoms with E-state index in [0.717, 1.165) is 38.0 Å². The number of rotatable bonds is 7. The van der Waals surface area contributed by atoms with Crippen molar-refractivity contribution in [2.24, 2.45) is 0 Å². The van der Waals surface area contributed by atoms with E-state index in [1.54, 1.807) is 42.5 Å². The number of ether oxygens (including phenoxy) is 1. The Hall–Kier alpha value is -2.58. The van der Waals surface area contributed by atoms with Crippen LogP contribution in [-0.4, -0.2) is 59.1 Å². The minimum absolute atomic E-state index is 0.0589. The lowest BCUT2D eigenvalue weighted by Crippen LogP contribution is -2.47. The molecule has 0 radical (unpaired) electrons. The molecule has 2 aromatic carbocycles. The van der Waals surface area contributed by atoms with Crippen molar-refractivity contribution in [1.82, 2.24) is 10.2 Å². The van der Waals surface area contributed by atoms with Gasteiger partial charge in [0.05, 0.1) is 23.3 Å².